The molecule has 47 heavy (non-hydrogen) atoms. The van der Waals surface area contributed by atoms with Gasteiger partial charge in [-0.3, -0.25) is 14.4 Å². The molecule has 1 heterocycles. The van der Waals surface area contributed by atoms with Gasteiger partial charge in [-0.1, -0.05) is 65.7 Å². The van der Waals surface area contributed by atoms with Crippen molar-refractivity contribution in [2.24, 2.45) is 5.73 Å². The highest BCUT2D eigenvalue weighted by Crippen LogP contribution is 2.27. The third-order valence-corrected chi connectivity index (χ3v) is 9.94. The number of primary amides is 1. The molecular weight excluding hydrogens is 616 g/mol. The number of nitrogens with one attached hydrogen (secondary N) is 1. The van der Waals surface area contributed by atoms with E-state index in [1.807, 2.05) is 44.2 Å². The minimum atomic E-state index is -4.69. The largest absolute Gasteiger partial charge is 0.508 e. The van der Waals surface area contributed by atoms with Crippen LogP contribution in [0.1, 0.15) is 32.6 Å². The monoisotopic (exact) mass is 652 g/mol. The number of benzene rings is 4. The average molecular weight is 653 g/mol. The maximum atomic E-state index is 14.9. The molecule has 0 saturated heterocycles. The summed E-state index contributed by atoms with van der Waals surface area (Å²) in [4.78, 5) is 46.2. The highest BCUT2D eigenvalue weighted by atomic mass is 32.2. The van der Waals surface area contributed by atoms with E-state index in [1.165, 1.54) is 48.3 Å². The number of para-hydroxylation sites is 1. The maximum absolute atomic E-state index is 14.9. The normalized spacial score (nSPS) is 12.7. The zero-order chi connectivity index (χ0) is 33.9. The lowest BCUT2D eigenvalue weighted by Crippen LogP contribution is -2.58. The van der Waals surface area contributed by atoms with Gasteiger partial charge in [0.1, 0.15) is 17.8 Å². The van der Waals surface area contributed by atoms with Crippen LogP contribution < -0.4 is 5.73 Å². The van der Waals surface area contributed by atoms with Gasteiger partial charge in [0.2, 0.25) is 5.91 Å². The zero-order valence-corrected chi connectivity index (χ0v) is 27.1. The van der Waals surface area contributed by atoms with E-state index in [9.17, 15) is 27.9 Å². The molecule has 5 aromatic rings. The number of H-pyrrole nitrogens is 1. The van der Waals surface area contributed by atoms with E-state index in [-0.39, 0.29) is 23.5 Å². The maximum Gasteiger partial charge on any atom is 0.267 e. The molecule has 4 N–H and O–H groups in total. The third kappa shape index (κ3) is 7.05. The van der Waals surface area contributed by atoms with Crippen molar-refractivity contribution < 1.29 is 27.9 Å². The van der Waals surface area contributed by atoms with Crippen molar-refractivity contribution in [3.63, 3.8) is 0 Å². The minimum Gasteiger partial charge on any atom is -0.508 e. The number of sulfonamides is 1. The van der Waals surface area contributed by atoms with Crippen molar-refractivity contribution in [2.45, 2.75) is 43.7 Å². The lowest BCUT2D eigenvalue weighted by molar-refractivity contribution is -0.137. The summed E-state index contributed by atoms with van der Waals surface area (Å²) < 4.78 is 29.4. The molecule has 3 amide bonds. The molecule has 11 heteroatoms. The zero-order valence-electron chi connectivity index (χ0n) is 26.3. The highest BCUT2D eigenvalue weighted by Gasteiger charge is 2.44. The van der Waals surface area contributed by atoms with Gasteiger partial charge in [-0.25, -0.2) is 12.7 Å². The van der Waals surface area contributed by atoms with Gasteiger partial charge in [-0.15, -0.1) is 0 Å². The first-order chi connectivity index (χ1) is 22.4. The summed E-state index contributed by atoms with van der Waals surface area (Å²) >= 11 is 0. The number of hydrogen-bond acceptors (Lipinski definition) is 6. The Bertz CT molecular complexity index is 2020. The van der Waals surface area contributed by atoms with Crippen LogP contribution in [0.5, 0.6) is 5.75 Å². The Balaban J connectivity index is 1.66. The Kier molecular flexibility index (Phi) is 9.48. The van der Waals surface area contributed by atoms with Crippen LogP contribution in [0.15, 0.2) is 108 Å². The molecule has 10 nitrogen and oxygen atoms in total. The van der Waals surface area contributed by atoms with Crippen molar-refractivity contribution in [3.05, 3.63) is 131 Å². The van der Waals surface area contributed by atoms with Crippen LogP contribution in [0.3, 0.4) is 0 Å². The number of fused-ring (bicyclic) bond motifs is 1. The first kappa shape index (κ1) is 33.0. The number of aromatic hydroxyl groups is 1. The second-order valence-corrected chi connectivity index (χ2v) is 13.4. The summed E-state index contributed by atoms with van der Waals surface area (Å²) in [5, 5.41) is 10.6. The molecule has 0 aliphatic heterocycles. The molecule has 242 valence electrons. The highest BCUT2D eigenvalue weighted by molar-refractivity contribution is 7.89. The Labute approximate surface area is 273 Å². The molecular formula is C36H36N4O6S. The number of carbonyl (C=O) groups is 3. The topological polar surface area (TPSA) is 154 Å². The summed E-state index contributed by atoms with van der Waals surface area (Å²) in [7, 11) is -3.26. The van der Waals surface area contributed by atoms with Gasteiger partial charge >= 0.3 is 0 Å². The predicted molar refractivity (Wildman–Crippen MR) is 179 cm³/mol. The molecule has 1 aromatic heterocycles. The first-order valence-electron chi connectivity index (χ1n) is 15.0. The summed E-state index contributed by atoms with van der Waals surface area (Å²) in [6.45, 7) is 3.69. The van der Waals surface area contributed by atoms with E-state index >= 15 is 0 Å². The van der Waals surface area contributed by atoms with Gasteiger partial charge < -0.3 is 20.7 Å². The molecule has 0 saturated carbocycles. The van der Waals surface area contributed by atoms with Gasteiger partial charge in [0.25, 0.3) is 21.8 Å². The fourth-order valence-corrected chi connectivity index (χ4v) is 7.39. The molecule has 0 aliphatic carbocycles. The van der Waals surface area contributed by atoms with Crippen molar-refractivity contribution in [2.75, 3.05) is 7.05 Å². The molecule has 0 radical (unpaired) electrons. The molecule has 4 aromatic carbocycles. The molecule has 2 atom stereocenters. The van der Waals surface area contributed by atoms with E-state index in [2.05, 4.69) is 4.98 Å². The molecule has 0 spiro atoms. The smallest absolute Gasteiger partial charge is 0.267 e. The lowest BCUT2D eigenvalue weighted by Gasteiger charge is -2.35. The van der Waals surface area contributed by atoms with E-state index in [4.69, 9.17) is 5.73 Å². The minimum absolute atomic E-state index is 0.00269. The number of nitrogens with two attached hydrogens (primary N) is 1. The molecule has 5 rings (SSSR count). The molecule has 0 fully saturated rings. The van der Waals surface area contributed by atoms with Crippen LogP contribution in [0.4, 0.5) is 0 Å². The molecule has 0 unspecified atom stereocenters. The van der Waals surface area contributed by atoms with Crippen LogP contribution in [-0.2, 0) is 32.5 Å². The van der Waals surface area contributed by atoms with Crippen molar-refractivity contribution in [1.82, 2.24) is 14.2 Å². The number of carbonyl (C=O) groups excluding carboxylic acids is 3. The molecule has 0 aliphatic rings. The lowest BCUT2D eigenvalue weighted by atomic mass is 10.00. The van der Waals surface area contributed by atoms with Crippen molar-refractivity contribution in [3.8, 4) is 5.75 Å². The predicted octanol–water partition coefficient (Wildman–Crippen LogP) is 4.49. The second-order valence-electron chi connectivity index (χ2n) is 11.6. The summed E-state index contributed by atoms with van der Waals surface area (Å²) in [6, 6.07) is 22.9. The fourth-order valence-electron chi connectivity index (χ4n) is 5.79. The Morgan fingerprint density at radius 3 is 2.09 bits per heavy atom. The summed E-state index contributed by atoms with van der Waals surface area (Å²) in [6.07, 6.45) is 1.32. The number of phenols is 1. The average Bonchev–Trinajstić information content (AvgIpc) is 3.46. The first-order valence-corrected chi connectivity index (χ1v) is 16.4. The van der Waals surface area contributed by atoms with Crippen molar-refractivity contribution >= 4 is 38.6 Å². The second kappa shape index (κ2) is 13.5. The van der Waals surface area contributed by atoms with Crippen LogP contribution >= 0.6 is 0 Å². The van der Waals surface area contributed by atoms with Crippen LogP contribution in [0.2, 0.25) is 0 Å². The molecule has 0 bridgehead atoms. The number of rotatable bonds is 11. The van der Waals surface area contributed by atoms with E-state index in [1.54, 1.807) is 36.5 Å². The number of nitrogens with zero attached hydrogens (tertiary/aromatic N) is 2. The fraction of sp³-hybridized carbons (Fsp3) is 0.194. The summed E-state index contributed by atoms with van der Waals surface area (Å²) in [5.74, 6) is -2.56. The number of amides is 3. The Hall–Kier alpha value is -5.42. The standard InChI is InChI=1S/C36H36N4O6S/c1-23-17-24(2)19-26(18-23)35(43)39(3)33(20-25-13-15-28(41)16-14-25)36(44)40(47(45,46)29-9-5-4-6-10-29)32(34(37)42)21-27-22-38-31-12-8-7-11-30(27)31/h4-19,22,32-33,38,41H,20-21H2,1-3H3,(H2,37,42)/t32-,33-/m0/s1. The van der Waals surface area contributed by atoms with Gasteiger partial charge in [-0.2, -0.15) is 0 Å². The van der Waals surface area contributed by atoms with Gasteiger partial charge in [0, 0.05) is 42.6 Å². The van der Waals surface area contributed by atoms with E-state index in [0.29, 0.717) is 21.0 Å². The quantitative estimate of drug-likeness (QED) is 0.191. The van der Waals surface area contributed by atoms with Crippen LogP contribution in [0, 0.1) is 13.8 Å². The SMILES string of the molecule is Cc1cc(C)cc(C(=O)N(C)[C@@H](Cc2ccc(O)cc2)C(=O)N([C@@H](Cc2c[nH]c3ccccc23)C(N)=O)S(=O)(=O)c2ccccc2)c1. The Morgan fingerprint density at radius 2 is 1.45 bits per heavy atom. The van der Waals surface area contributed by atoms with E-state index < -0.39 is 39.8 Å². The summed E-state index contributed by atoms with van der Waals surface area (Å²) in [5.41, 5.74) is 9.81. The number of aromatic amines is 1. The van der Waals surface area contributed by atoms with E-state index in [0.717, 1.165) is 22.0 Å². The number of phenolic OH excluding ortho intramolecular Hbond substituents is 1. The van der Waals surface area contributed by atoms with Gasteiger partial charge in [-0.05, 0) is 67.4 Å². The number of likely N-dealkylation sites (N-methyl/N-ethyl adjacent to an activating group) is 1. The number of aryl methyl sites for hydroxylation is 2. The number of aromatic nitrogens is 1. The third-order valence-electron chi connectivity index (χ3n) is 8.12. The number of hydrogen-bond donors (Lipinski definition) is 3. The van der Waals surface area contributed by atoms with Crippen LogP contribution in [0.25, 0.3) is 10.9 Å². The van der Waals surface area contributed by atoms with Gasteiger partial charge in [0.05, 0.1) is 4.90 Å². The van der Waals surface area contributed by atoms with Crippen molar-refractivity contribution in [1.29, 1.82) is 0 Å². The Morgan fingerprint density at radius 1 is 0.830 bits per heavy atom. The van der Waals surface area contributed by atoms with Gasteiger partial charge in [0.15, 0.2) is 0 Å². The van der Waals surface area contributed by atoms with Crippen LogP contribution in [-0.4, -0.2) is 64.6 Å².